The van der Waals surface area contributed by atoms with Crippen LogP contribution in [0.5, 0.6) is 11.5 Å². The van der Waals surface area contributed by atoms with Gasteiger partial charge in [0.1, 0.15) is 17.5 Å². The number of benzene rings is 2. The Morgan fingerprint density at radius 2 is 1.73 bits per heavy atom. The fourth-order valence-corrected chi connectivity index (χ4v) is 3.17. The van der Waals surface area contributed by atoms with E-state index >= 15 is 0 Å². The number of rotatable bonds is 5. The van der Waals surface area contributed by atoms with E-state index in [9.17, 15) is 13.6 Å². The SMILES string of the molecule is CC(C)(NC(=O)c1nc(Nc2cc(F)cc(F)c2)cc2c1OCO2)c1ccccc1. The molecular formula is C22H19F2N3O3. The summed E-state index contributed by atoms with van der Waals surface area (Å²) in [6, 6.07) is 14.0. The minimum atomic E-state index is -0.735. The number of nitrogens with one attached hydrogen (secondary N) is 2. The third-order valence-electron chi connectivity index (χ3n) is 4.63. The molecule has 0 aliphatic carbocycles. The first-order valence-corrected chi connectivity index (χ1v) is 9.23. The largest absolute Gasteiger partial charge is 0.453 e. The smallest absolute Gasteiger partial charge is 0.274 e. The fourth-order valence-electron chi connectivity index (χ4n) is 3.17. The van der Waals surface area contributed by atoms with E-state index in [2.05, 4.69) is 15.6 Å². The van der Waals surface area contributed by atoms with Crippen LogP contribution in [0.25, 0.3) is 0 Å². The Kier molecular flexibility index (Phi) is 4.99. The van der Waals surface area contributed by atoms with E-state index in [1.165, 1.54) is 6.07 Å². The van der Waals surface area contributed by atoms with Crippen LogP contribution in [0.4, 0.5) is 20.3 Å². The minimum absolute atomic E-state index is 0.00776. The van der Waals surface area contributed by atoms with Crippen LogP contribution in [0.3, 0.4) is 0 Å². The second-order valence-corrected chi connectivity index (χ2v) is 7.32. The van der Waals surface area contributed by atoms with E-state index in [4.69, 9.17) is 9.47 Å². The Bertz CT molecular complexity index is 1080. The molecule has 4 rings (SSSR count). The van der Waals surface area contributed by atoms with Gasteiger partial charge in [-0.3, -0.25) is 4.79 Å². The number of hydrogen-bond donors (Lipinski definition) is 2. The number of ether oxygens (including phenoxy) is 2. The van der Waals surface area contributed by atoms with Crippen molar-refractivity contribution in [2.24, 2.45) is 0 Å². The van der Waals surface area contributed by atoms with Crippen molar-refractivity contribution >= 4 is 17.4 Å². The monoisotopic (exact) mass is 411 g/mol. The standard InChI is InChI=1S/C22H19F2N3O3/c1-22(2,13-6-4-3-5-7-13)27-21(28)19-20-17(29-12-30-20)11-18(26-19)25-16-9-14(23)8-15(24)10-16/h3-11H,12H2,1-2H3,(H,25,26)(H,27,28). The molecule has 1 aliphatic rings. The van der Waals surface area contributed by atoms with Gasteiger partial charge in [0, 0.05) is 17.8 Å². The van der Waals surface area contributed by atoms with Crippen LogP contribution in [0.2, 0.25) is 0 Å². The summed E-state index contributed by atoms with van der Waals surface area (Å²) in [5.41, 5.74) is 0.390. The van der Waals surface area contributed by atoms with Crippen molar-refractivity contribution in [1.29, 1.82) is 0 Å². The Morgan fingerprint density at radius 1 is 1.03 bits per heavy atom. The van der Waals surface area contributed by atoms with Crippen LogP contribution >= 0.6 is 0 Å². The number of nitrogens with zero attached hydrogens (tertiary/aromatic N) is 1. The number of halogens is 2. The van der Waals surface area contributed by atoms with E-state index in [-0.39, 0.29) is 29.7 Å². The maximum absolute atomic E-state index is 13.5. The number of anilines is 2. The number of carbonyl (C=O) groups excluding carboxylic acids is 1. The predicted octanol–water partition coefficient (Wildman–Crippen LogP) is 4.50. The number of carbonyl (C=O) groups is 1. The maximum Gasteiger partial charge on any atom is 0.274 e. The average Bonchev–Trinajstić information content (AvgIpc) is 3.15. The van der Waals surface area contributed by atoms with Crippen molar-refractivity contribution in [3.63, 3.8) is 0 Å². The summed E-state index contributed by atoms with van der Waals surface area (Å²) in [6.07, 6.45) is 0. The molecule has 3 aromatic rings. The van der Waals surface area contributed by atoms with Gasteiger partial charge in [0.05, 0.1) is 5.54 Å². The summed E-state index contributed by atoms with van der Waals surface area (Å²) in [4.78, 5) is 17.4. The Labute approximate surface area is 171 Å². The first-order chi connectivity index (χ1) is 14.3. The zero-order valence-electron chi connectivity index (χ0n) is 16.3. The molecule has 0 spiro atoms. The zero-order chi connectivity index (χ0) is 21.3. The van der Waals surface area contributed by atoms with Crippen molar-refractivity contribution in [1.82, 2.24) is 10.3 Å². The van der Waals surface area contributed by atoms with Crippen LogP contribution < -0.4 is 20.1 Å². The van der Waals surface area contributed by atoms with Gasteiger partial charge in [-0.2, -0.15) is 0 Å². The van der Waals surface area contributed by atoms with E-state index < -0.39 is 23.1 Å². The second-order valence-electron chi connectivity index (χ2n) is 7.32. The van der Waals surface area contributed by atoms with Crippen molar-refractivity contribution in [2.45, 2.75) is 19.4 Å². The topological polar surface area (TPSA) is 72.5 Å². The van der Waals surface area contributed by atoms with Crippen LogP contribution in [-0.2, 0) is 5.54 Å². The molecule has 0 saturated heterocycles. The van der Waals surface area contributed by atoms with Crippen LogP contribution in [0.1, 0.15) is 29.9 Å². The molecule has 0 unspecified atom stereocenters. The lowest BCUT2D eigenvalue weighted by Crippen LogP contribution is -2.41. The van der Waals surface area contributed by atoms with E-state index in [1.54, 1.807) is 0 Å². The number of hydrogen-bond acceptors (Lipinski definition) is 5. The second kappa shape index (κ2) is 7.62. The van der Waals surface area contributed by atoms with Crippen molar-refractivity contribution < 1.29 is 23.0 Å². The molecule has 1 aliphatic heterocycles. The first kappa shape index (κ1) is 19.6. The molecule has 6 nitrogen and oxygen atoms in total. The summed E-state index contributed by atoms with van der Waals surface area (Å²) in [5.74, 6) is -1.23. The van der Waals surface area contributed by atoms with Crippen molar-refractivity contribution in [3.8, 4) is 11.5 Å². The summed E-state index contributed by atoms with van der Waals surface area (Å²) in [7, 11) is 0. The van der Waals surface area contributed by atoms with E-state index in [0.29, 0.717) is 5.75 Å². The minimum Gasteiger partial charge on any atom is -0.453 e. The van der Waals surface area contributed by atoms with Crippen molar-refractivity contribution in [3.05, 3.63) is 77.5 Å². The lowest BCUT2D eigenvalue weighted by molar-refractivity contribution is 0.0902. The molecule has 0 atom stereocenters. The number of amides is 1. The molecule has 0 fully saturated rings. The maximum atomic E-state index is 13.5. The van der Waals surface area contributed by atoms with E-state index in [1.807, 2.05) is 44.2 Å². The lowest BCUT2D eigenvalue weighted by atomic mass is 9.94. The van der Waals surface area contributed by atoms with Gasteiger partial charge in [0.15, 0.2) is 17.2 Å². The zero-order valence-corrected chi connectivity index (χ0v) is 16.3. The van der Waals surface area contributed by atoms with Crippen LogP contribution in [0.15, 0.2) is 54.6 Å². The highest BCUT2D eigenvalue weighted by Crippen LogP contribution is 2.37. The Hall–Kier alpha value is -3.68. The molecule has 0 radical (unpaired) electrons. The summed E-state index contributed by atoms with van der Waals surface area (Å²) < 4.78 is 37.8. The fraction of sp³-hybridized carbons (Fsp3) is 0.182. The number of fused-ring (bicyclic) bond motifs is 1. The van der Waals surface area contributed by atoms with Gasteiger partial charge >= 0.3 is 0 Å². The average molecular weight is 411 g/mol. The molecular weight excluding hydrogens is 392 g/mol. The molecule has 30 heavy (non-hydrogen) atoms. The predicted molar refractivity (Wildman–Crippen MR) is 107 cm³/mol. The number of pyridine rings is 1. The molecule has 0 saturated carbocycles. The van der Waals surface area contributed by atoms with Gasteiger partial charge in [-0.05, 0) is 31.5 Å². The summed E-state index contributed by atoms with van der Waals surface area (Å²) >= 11 is 0. The molecule has 8 heteroatoms. The quantitative estimate of drug-likeness (QED) is 0.647. The molecule has 1 aromatic heterocycles. The third-order valence-corrected chi connectivity index (χ3v) is 4.63. The molecule has 2 N–H and O–H groups in total. The molecule has 1 amide bonds. The molecule has 0 bridgehead atoms. The summed E-state index contributed by atoms with van der Waals surface area (Å²) in [5, 5.41) is 5.74. The highest BCUT2D eigenvalue weighted by Gasteiger charge is 2.30. The van der Waals surface area contributed by atoms with Crippen molar-refractivity contribution in [2.75, 3.05) is 12.1 Å². The first-order valence-electron chi connectivity index (χ1n) is 9.23. The number of aromatic nitrogens is 1. The van der Waals surface area contributed by atoms with Gasteiger partial charge in [-0.1, -0.05) is 30.3 Å². The molecule has 2 aromatic carbocycles. The van der Waals surface area contributed by atoms with Gasteiger partial charge in [0.25, 0.3) is 5.91 Å². The van der Waals surface area contributed by atoms with Crippen LogP contribution in [-0.4, -0.2) is 17.7 Å². The van der Waals surface area contributed by atoms with E-state index in [0.717, 1.165) is 23.8 Å². The van der Waals surface area contributed by atoms with Gasteiger partial charge in [-0.15, -0.1) is 0 Å². The molecule has 2 heterocycles. The van der Waals surface area contributed by atoms with Gasteiger partial charge in [0.2, 0.25) is 6.79 Å². The third kappa shape index (κ3) is 4.03. The molecule has 154 valence electrons. The van der Waals surface area contributed by atoms with Crippen LogP contribution in [0, 0.1) is 11.6 Å². The normalized spacial score (nSPS) is 12.5. The Balaban J connectivity index is 1.65. The highest BCUT2D eigenvalue weighted by molar-refractivity contribution is 5.97. The lowest BCUT2D eigenvalue weighted by Gasteiger charge is -2.27. The van der Waals surface area contributed by atoms with Gasteiger partial charge in [-0.25, -0.2) is 13.8 Å². The highest BCUT2D eigenvalue weighted by atomic mass is 19.1. The Morgan fingerprint density at radius 3 is 2.43 bits per heavy atom. The van der Waals surface area contributed by atoms with Gasteiger partial charge < -0.3 is 20.1 Å². The summed E-state index contributed by atoms with van der Waals surface area (Å²) in [6.45, 7) is 3.68.